The molecule has 0 aliphatic carbocycles. The largest absolute Gasteiger partial charge is 0.351 e. The Morgan fingerprint density at radius 3 is 3.11 bits per heavy atom. The van der Waals surface area contributed by atoms with Gasteiger partial charge in [0.2, 0.25) is 5.82 Å². The predicted octanol–water partition coefficient (Wildman–Crippen LogP) is 1.41. The van der Waals surface area contributed by atoms with Crippen molar-refractivity contribution in [2.45, 2.75) is 13.3 Å². The lowest BCUT2D eigenvalue weighted by atomic mass is 9.87. The zero-order valence-electron chi connectivity index (χ0n) is 10.5. The van der Waals surface area contributed by atoms with Gasteiger partial charge in [0.05, 0.1) is 4.92 Å². The van der Waals surface area contributed by atoms with Crippen LogP contribution in [0, 0.1) is 22.0 Å². The van der Waals surface area contributed by atoms with Crippen molar-refractivity contribution in [1.82, 2.24) is 4.98 Å². The van der Waals surface area contributed by atoms with Crippen molar-refractivity contribution in [2.75, 3.05) is 24.5 Å². The van der Waals surface area contributed by atoms with Crippen molar-refractivity contribution in [3.63, 3.8) is 0 Å². The van der Waals surface area contributed by atoms with Gasteiger partial charge in [-0.1, -0.05) is 6.92 Å². The normalized spacial score (nSPS) is 24.0. The monoisotopic (exact) mass is 250 g/mol. The van der Waals surface area contributed by atoms with Gasteiger partial charge in [0.15, 0.2) is 0 Å². The minimum atomic E-state index is -0.377. The molecule has 18 heavy (non-hydrogen) atoms. The summed E-state index contributed by atoms with van der Waals surface area (Å²) in [6.45, 7) is 4.34. The molecule has 0 amide bonds. The summed E-state index contributed by atoms with van der Waals surface area (Å²) in [5, 5.41) is 11.0. The zero-order valence-corrected chi connectivity index (χ0v) is 10.5. The smallest absolute Gasteiger partial charge is 0.311 e. The van der Waals surface area contributed by atoms with Crippen molar-refractivity contribution < 1.29 is 4.92 Å². The molecule has 98 valence electrons. The fourth-order valence-corrected chi connectivity index (χ4v) is 2.42. The van der Waals surface area contributed by atoms with E-state index in [1.807, 2.05) is 4.90 Å². The van der Waals surface area contributed by atoms with Crippen molar-refractivity contribution in [2.24, 2.45) is 17.6 Å². The second kappa shape index (κ2) is 5.30. The molecule has 2 N–H and O–H groups in total. The van der Waals surface area contributed by atoms with E-state index in [4.69, 9.17) is 5.73 Å². The Bertz CT molecular complexity index is 438. The highest BCUT2D eigenvalue weighted by atomic mass is 16.6. The van der Waals surface area contributed by atoms with Gasteiger partial charge >= 0.3 is 5.69 Å². The Hall–Kier alpha value is -1.69. The summed E-state index contributed by atoms with van der Waals surface area (Å²) in [6, 6.07) is 3.09. The van der Waals surface area contributed by atoms with E-state index in [0.29, 0.717) is 24.2 Å². The van der Waals surface area contributed by atoms with Crippen molar-refractivity contribution in [3.8, 4) is 0 Å². The molecule has 1 aliphatic heterocycles. The number of aromatic nitrogens is 1. The molecular formula is C12H18N4O2. The van der Waals surface area contributed by atoms with Crippen molar-refractivity contribution in [1.29, 1.82) is 0 Å². The molecule has 2 unspecified atom stereocenters. The van der Waals surface area contributed by atoms with Crippen molar-refractivity contribution in [3.05, 3.63) is 28.4 Å². The maximum absolute atomic E-state index is 11.0. The number of anilines is 1. The van der Waals surface area contributed by atoms with Gasteiger partial charge in [0, 0.05) is 25.4 Å². The lowest BCUT2D eigenvalue weighted by Crippen LogP contribution is -2.43. The minimum Gasteiger partial charge on any atom is -0.351 e. The van der Waals surface area contributed by atoms with Gasteiger partial charge in [-0.25, -0.2) is 4.98 Å². The van der Waals surface area contributed by atoms with E-state index in [0.717, 1.165) is 19.5 Å². The molecule has 0 bridgehead atoms. The van der Waals surface area contributed by atoms with Gasteiger partial charge in [0.25, 0.3) is 0 Å². The maximum Gasteiger partial charge on any atom is 0.311 e. The Balaban J connectivity index is 2.24. The Morgan fingerprint density at radius 2 is 2.44 bits per heavy atom. The molecule has 1 aliphatic rings. The highest BCUT2D eigenvalue weighted by molar-refractivity contribution is 5.57. The van der Waals surface area contributed by atoms with Crippen LogP contribution in [0.4, 0.5) is 11.5 Å². The first-order valence-corrected chi connectivity index (χ1v) is 6.18. The number of nitrogens with two attached hydrogens (primary N) is 1. The quantitative estimate of drug-likeness (QED) is 0.647. The van der Waals surface area contributed by atoms with E-state index in [2.05, 4.69) is 11.9 Å². The van der Waals surface area contributed by atoms with E-state index in [-0.39, 0.29) is 10.6 Å². The number of hydrogen-bond acceptors (Lipinski definition) is 5. The number of piperidine rings is 1. The van der Waals surface area contributed by atoms with Crippen LogP contribution in [0.5, 0.6) is 0 Å². The molecule has 0 radical (unpaired) electrons. The third-order valence-corrected chi connectivity index (χ3v) is 3.68. The Kier molecular flexibility index (Phi) is 3.76. The van der Waals surface area contributed by atoms with Gasteiger partial charge in [-0.2, -0.15) is 0 Å². The summed E-state index contributed by atoms with van der Waals surface area (Å²) >= 11 is 0. The Labute approximate surface area is 106 Å². The van der Waals surface area contributed by atoms with Crippen molar-refractivity contribution >= 4 is 11.5 Å². The van der Waals surface area contributed by atoms with E-state index >= 15 is 0 Å². The van der Waals surface area contributed by atoms with Crippen LogP contribution >= 0.6 is 0 Å². The number of pyridine rings is 1. The van der Waals surface area contributed by atoms with Crippen LogP contribution < -0.4 is 10.6 Å². The fraction of sp³-hybridized carbons (Fsp3) is 0.583. The number of rotatable bonds is 3. The SMILES string of the molecule is CC1CCN(c2ncccc2[N+](=O)[O-])CC1CN. The first kappa shape index (κ1) is 12.8. The van der Waals surface area contributed by atoms with Gasteiger partial charge < -0.3 is 10.6 Å². The molecule has 0 aromatic carbocycles. The molecule has 2 rings (SSSR count). The van der Waals surface area contributed by atoms with Crippen LogP contribution in [0.1, 0.15) is 13.3 Å². The van der Waals surface area contributed by atoms with Gasteiger partial charge in [-0.15, -0.1) is 0 Å². The maximum atomic E-state index is 11.0. The summed E-state index contributed by atoms with van der Waals surface area (Å²) in [5.41, 5.74) is 5.82. The lowest BCUT2D eigenvalue weighted by Gasteiger charge is -2.36. The average molecular weight is 250 g/mol. The topological polar surface area (TPSA) is 85.3 Å². The van der Waals surface area contributed by atoms with Crippen LogP contribution in [0.2, 0.25) is 0 Å². The van der Waals surface area contributed by atoms with E-state index in [9.17, 15) is 10.1 Å². The van der Waals surface area contributed by atoms with E-state index in [1.54, 1.807) is 12.3 Å². The third kappa shape index (κ3) is 2.43. The van der Waals surface area contributed by atoms with Crippen LogP contribution in [0.25, 0.3) is 0 Å². The standard InChI is InChI=1S/C12H18N4O2/c1-9-4-6-15(8-10(9)7-13)12-11(16(17)18)3-2-5-14-12/h2-3,5,9-10H,4,6-8,13H2,1H3. The fourth-order valence-electron chi connectivity index (χ4n) is 2.42. The minimum absolute atomic E-state index is 0.0721. The molecule has 0 saturated carbocycles. The highest BCUT2D eigenvalue weighted by Crippen LogP contribution is 2.30. The summed E-state index contributed by atoms with van der Waals surface area (Å²) < 4.78 is 0. The summed E-state index contributed by atoms with van der Waals surface area (Å²) in [7, 11) is 0. The number of nitrogens with zero attached hydrogens (tertiary/aromatic N) is 3. The molecule has 1 saturated heterocycles. The lowest BCUT2D eigenvalue weighted by molar-refractivity contribution is -0.384. The van der Waals surface area contributed by atoms with Gasteiger partial charge in [-0.3, -0.25) is 10.1 Å². The second-order valence-electron chi connectivity index (χ2n) is 4.81. The molecular weight excluding hydrogens is 232 g/mol. The number of nitro groups is 1. The highest BCUT2D eigenvalue weighted by Gasteiger charge is 2.29. The predicted molar refractivity (Wildman–Crippen MR) is 69.4 cm³/mol. The molecule has 6 heteroatoms. The first-order chi connectivity index (χ1) is 8.63. The summed E-state index contributed by atoms with van der Waals surface area (Å²) in [6.07, 6.45) is 2.59. The van der Waals surface area contributed by atoms with Crippen LogP contribution in [-0.4, -0.2) is 29.5 Å². The molecule has 2 heterocycles. The third-order valence-electron chi connectivity index (χ3n) is 3.68. The van der Waals surface area contributed by atoms with Crippen LogP contribution in [-0.2, 0) is 0 Å². The average Bonchev–Trinajstić information content (AvgIpc) is 2.39. The number of hydrogen-bond donors (Lipinski definition) is 1. The molecule has 1 aromatic heterocycles. The summed E-state index contributed by atoms with van der Waals surface area (Å²) in [4.78, 5) is 16.8. The molecule has 1 fully saturated rings. The molecule has 6 nitrogen and oxygen atoms in total. The Morgan fingerprint density at radius 1 is 1.67 bits per heavy atom. The second-order valence-corrected chi connectivity index (χ2v) is 4.81. The van der Waals surface area contributed by atoms with Crippen LogP contribution in [0.3, 0.4) is 0 Å². The molecule has 1 aromatic rings. The first-order valence-electron chi connectivity index (χ1n) is 6.18. The van der Waals surface area contributed by atoms with Crippen LogP contribution in [0.15, 0.2) is 18.3 Å². The van der Waals surface area contributed by atoms with Gasteiger partial charge in [-0.05, 0) is 30.9 Å². The zero-order chi connectivity index (χ0) is 13.1. The van der Waals surface area contributed by atoms with Gasteiger partial charge in [0.1, 0.15) is 0 Å². The molecule has 0 spiro atoms. The van der Waals surface area contributed by atoms with E-state index < -0.39 is 0 Å². The van der Waals surface area contributed by atoms with E-state index in [1.165, 1.54) is 6.07 Å². The summed E-state index contributed by atoms with van der Waals surface area (Å²) in [5.74, 6) is 1.40. The molecule has 2 atom stereocenters.